The maximum absolute atomic E-state index is 13.8. The van der Waals surface area contributed by atoms with Crippen molar-refractivity contribution >= 4 is 27.3 Å². The summed E-state index contributed by atoms with van der Waals surface area (Å²) in [5, 5.41) is -0.427. The van der Waals surface area contributed by atoms with Crippen LogP contribution in [0.1, 0.15) is 0 Å². The van der Waals surface area contributed by atoms with Crippen molar-refractivity contribution < 1.29 is 17.2 Å². The summed E-state index contributed by atoms with van der Waals surface area (Å²) < 4.78 is 53.9. The van der Waals surface area contributed by atoms with Gasteiger partial charge in [0.15, 0.2) is 0 Å². The molecular weight excluding hydrogens is 358 g/mol. The van der Waals surface area contributed by atoms with Gasteiger partial charge in [0.2, 0.25) is 0 Å². The van der Waals surface area contributed by atoms with Gasteiger partial charge in [-0.25, -0.2) is 17.2 Å². The molecule has 0 aliphatic heterocycles. The number of nitrogens with one attached hydrogen (secondary N) is 2. The van der Waals surface area contributed by atoms with E-state index in [4.69, 9.17) is 11.6 Å². The third-order valence-electron chi connectivity index (χ3n) is 3.31. The van der Waals surface area contributed by atoms with Crippen molar-refractivity contribution in [3.63, 3.8) is 0 Å². The lowest BCUT2D eigenvalue weighted by atomic mass is 10.2. The fourth-order valence-electron chi connectivity index (χ4n) is 2.12. The highest BCUT2D eigenvalue weighted by Gasteiger charge is 2.19. The molecule has 8 heteroatoms. The minimum atomic E-state index is -4.08. The molecule has 0 aliphatic carbocycles. The number of aromatic amines is 1. The zero-order valence-corrected chi connectivity index (χ0v) is 13.6. The van der Waals surface area contributed by atoms with E-state index in [1.807, 2.05) is 35.1 Å². The van der Waals surface area contributed by atoms with E-state index < -0.39 is 32.4 Å². The Balaban J connectivity index is 1.92. The molecule has 2 N–H and O–H groups in total. The highest BCUT2D eigenvalue weighted by atomic mass is 35.5. The number of aromatic nitrogens is 1. The Morgan fingerprint density at radius 1 is 1.00 bits per heavy atom. The molecule has 3 rings (SSSR count). The lowest BCUT2D eigenvalue weighted by molar-refractivity contribution is 0.594. The van der Waals surface area contributed by atoms with Crippen molar-refractivity contribution in [3.8, 4) is 11.3 Å². The molecule has 1 heterocycles. The van der Waals surface area contributed by atoms with Crippen LogP contribution in [-0.4, -0.2) is 13.4 Å². The second kappa shape index (κ2) is 6.26. The molecule has 124 valence electrons. The largest absolute Gasteiger partial charge is 0.360 e. The first-order chi connectivity index (χ1) is 11.4. The van der Waals surface area contributed by atoms with Crippen molar-refractivity contribution in [3.05, 3.63) is 71.4 Å². The van der Waals surface area contributed by atoms with Crippen LogP contribution in [0.15, 0.2) is 59.6 Å². The Kier molecular flexibility index (Phi) is 4.29. The van der Waals surface area contributed by atoms with E-state index in [2.05, 4.69) is 4.98 Å². The molecule has 0 saturated heterocycles. The average molecular weight is 369 g/mol. The van der Waals surface area contributed by atoms with Gasteiger partial charge in [0, 0.05) is 18.0 Å². The number of hydrogen-bond donors (Lipinski definition) is 2. The molecular formula is C16H11ClF2N2O2S. The molecule has 2 aromatic carbocycles. The Morgan fingerprint density at radius 3 is 2.42 bits per heavy atom. The van der Waals surface area contributed by atoms with Crippen molar-refractivity contribution in [2.45, 2.75) is 4.90 Å². The van der Waals surface area contributed by atoms with Crippen LogP contribution in [0.5, 0.6) is 0 Å². The number of sulfonamides is 1. The van der Waals surface area contributed by atoms with E-state index in [-0.39, 0.29) is 4.90 Å². The van der Waals surface area contributed by atoms with E-state index in [9.17, 15) is 17.2 Å². The topological polar surface area (TPSA) is 62.0 Å². The SMILES string of the molecule is O=S(=O)(Nc1cc(F)c(Cl)cc1F)c1c[nH]c(-c2ccccc2)c1. The maximum Gasteiger partial charge on any atom is 0.263 e. The minimum Gasteiger partial charge on any atom is -0.360 e. The van der Waals surface area contributed by atoms with Crippen LogP contribution in [0.4, 0.5) is 14.5 Å². The Labute approximate surface area is 142 Å². The van der Waals surface area contributed by atoms with E-state index in [0.717, 1.165) is 5.56 Å². The zero-order chi connectivity index (χ0) is 17.3. The summed E-state index contributed by atoms with van der Waals surface area (Å²) in [7, 11) is -4.08. The zero-order valence-electron chi connectivity index (χ0n) is 12.1. The van der Waals surface area contributed by atoms with Crippen molar-refractivity contribution in [2.75, 3.05) is 4.72 Å². The first kappa shape index (κ1) is 16.5. The van der Waals surface area contributed by atoms with Crippen LogP contribution in [0, 0.1) is 11.6 Å². The monoisotopic (exact) mass is 368 g/mol. The summed E-state index contributed by atoms with van der Waals surface area (Å²) in [6.07, 6.45) is 1.27. The molecule has 0 atom stereocenters. The van der Waals surface area contributed by atoms with Crippen LogP contribution in [0.2, 0.25) is 5.02 Å². The van der Waals surface area contributed by atoms with Crippen molar-refractivity contribution in [2.24, 2.45) is 0 Å². The molecule has 3 aromatic rings. The summed E-state index contributed by atoms with van der Waals surface area (Å²) in [6, 6.07) is 11.9. The summed E-state index contributed by atoms with van der Waals surface area (Å²) in [5.41, 5.74) is 0.862. The lowest BCUT2D eigenvalue weighted by Crippen LogP contribution is -2.13. The third-order valence-corrected chi connectivity index (χ3v) is 4.94. The molecule has 0 amide bonds. The quantitative estimate of drug-likeness (QED) is 0.670. The lowest BCUT2D eigenvalue weighted by Gasteiger charge is -2.08. The smallest absolute Gasteiger partial charge is 0.263 e. The molecule has 0 unspecified atom stereocenters. The number of halogens is 3. The van der Waals surface area contributed by atoms with Crippen LogP contribution in [0.25, 0.3) is 11.3 Å². The van der Waals surface area contributed by atoms with Gasteiger partial charge in [-0.2, -0.15) is 0 Å². The standard InChI is InChI=1S/C16H11ClF2N2O2S/c17-12-7-14(19)16(8-13(12)18)21-24(22,23)11-6-15(20-9-11)10-4-2-1-3-5-10/h1-9,20-21H. The molecule has 24 heavy (non-hydrogen) atoms. The average Bonchev–Trinajstić information content (AvgIpc) is 3.04. The minimum absolute atomic E-state index is 0.101. The number of rotatable bonds is 4. The number of anilines is 1. The highest BCUT2D eigenvalue weighted by Crippen LogP contribution is 2.26. The molecule has 0 aliphatic rings. The summed E-state index contributed by atoms with van der Waals surface area (Å²) in [4.78, 5) is 2.74. The first-order valence-electron chi connectivity index (χ1n) is 6.78. The van der Waals surface area contributed by atoms with Gasteiger partial charge in [-0.05, 0) is 17.7 Å². The molecule has 0 bridgehead atoms. The van der Waals surface area contributed by atoms with Crippen molar-refractivity contribution in [1.82, 2.24) is 4.98 Å². The van der Waals surface area contributed by atoms with Gasteiger partial charge in [-0.1, -0.05) is 41.9 Å². The summed E-state index contributed by atoms with van der Waals surface area (Å²) >= 11 is 5.45. The second-order valence-electron chi connectivity index (χ2n) is 4.97. The van der Waals surface area contributed by atoms with Gasteiger partial charge in [-0.15, -0.1) is 0 Å². The van der Waals surface area contributed by atoms with Crippen LogP contribution in [-0.2, 0) is 10.0 Å². The highest BCUT2D eigenvalue weighted by molar-refractivity contribution is 7.92. The Hall–Kier alpha value is -2.38. The van der Waals surface area contributed by atoms with Crippen LogP contribution >= 0.6 is 11.6 Å². The van der Waals surface area contributed by atoms with Crippen LogP contribution < -0.4 is 4.72 Å². The Bertz CT molecular complexity index is 989. The van der Waals surface area contributed by atoms with Crippen LogP contribution in [0.3, 0.4) is 0 Å². The molecule has 0 spiro atoms. The second-order valence-corrected chi connectivity index (χ2v) is 7.06. The predicted octanol–water partition coefficient (Wildman–Crippen LogP) is 4.41. The number of benzene rings is 2. The molecule has 0 fully saturated rings. The third kappa shape index (κ3) is 3.27. The van der Waals surface area contributed by atoms with Gasteiger partial charge < -0.3 is 4.98 Å². The normalized spacial score (nSPS) is 11.5. The van der Waals surface area contributed by atoms with E-state index >= 15 is 0 Å². The van der Waals surface area contributed by atoms with Gasteiger partial charge in [0.05, 0.1) is 10.7 Å². The number of hydrogen-bond acceptors (Lipinski definition) is 2. The van der Waals surface area contributed by atoms with E-state index in [0.29, 0.717) is 17.8 Å². The predicted molar refractivity (Wildman–Crippen MR) is 88.4 cm³/mol. The van der Waals surface area contributed by atoms with Gasteiger partial charge in [0.1, 0.15) is 16.5 Å². The first-order valence-corrected chi connectivity index (χ1v) is 8.64. The van der Waals surface area contributed by atoms with Gasteiger partial charge >= 0.3 is 0 Å². The van der Waals surface area contributed by atoms with E-state index in [1.165, 1.54) is 12.3 Å². The maximum atomic E-state index is 13.8. The Morgan fingerprint density at radius 2 is 1.71 bits per heavy atom. The fraction of sp³-hybridized carbons (Fsp3) is 0. The molecule has 4 nitrogen and oxygen atoms in total. The fourth-order valence-corrected chi connectivity index (χ4v) is 3.32. The summed E-state index contributed by atoms with van der Waals surface area (Å²) in [6.45, 7) is 0. The van der Waals surface area contributed by atoms with Gasteiger partial charge in [-0.3, -0.25) is 4.72 Å². The molecule has 0 saturated carbocycles. The van der Waals surface area contributed by atoms with Crippen molar-refractivity contribution in [1.29, 1.82) is 0 Å². The molecule has 1 aromatic heterocycles. The molecule has 0 radical (unpaired) electrons. The summed E-state index contributed by atoms with van der Waals surface area (Å²) in [5.74, 6) is -1.89. The van der Waals surface area contributed by atoms with Gasteiger partial charge in [0.25, 0.3) is 10.0 Å². The number of H-pyrrole nitrogens is 1. The van der Waals surface area contributed by atoms with E-state index in [1.54, 1.807) is 0 Å².